The van der Waals surface area contributed by atoms with Gasteiger partial charge in [-0.2, -0.15) is 0 Å². The average Bonchev–Trinajstić information content (AvgIpc) is 2.73. The van der Waals surface area contributed by atoms with Crippen LogP contribution in [-0.4, -0.2) is 0 Å². The van der Waals surface area contributed by atoms with Gasteiger partial charge in [-0.1, -0.05) is 12.1 Å². The maximum absolute atomic E-state index is 13.6. The Labute approximate surface area is 109 Å². The molecule has 4 heteroatoms. The van der Waals surface area contributed by atoms with Crippen molar-refractivity contribution in [2.24, 2.45) is 0 Å². The zero-order valence-corrected chi connectivity index (χ0v) is 10.1. The van der Waals surface area contributed by atoms with Crippen LogP contribution in [0.15, 0.2) is 36.4 Å². The fraction of sp³-hybridized carbons (Fsp3) is 0.200. The number of hydrogen-bond donors (Lipinski definition) is 1. The molecule has 0 aliphatic heterocycles. The molecule has 1 aliphatic carbocycles. The van der Waals surface area contributed by atoms with Crippen LogP contribution in [0.25, 0.3) is 0 Å². The van der Waals surface area contributed by atoms with Gasteiger partial charge in [0.25, 0.3) is 0 Å². The van der Waals surface area contributed by atoms with E-state index in [0.29, 0.717) is 24.1 Å². The molecule has 2 aromatic rings. The fourth-order valence-corrected chi connectivity index (χ4v) is 2.60. The van der Waals surface area contributed by atoms with Crippen molar-refractivity contribution in [2.45, 2.75) is 18.9 Å². The SMILES string of the molecule is Fc1cc(F)cc(NC2CCc3c(F)cccc32)c1. The van der Waals surface area contributed by atoms with Crippen LogP contribution >= 0.6 is 0 Å². The van der Waals surface area contributed by atoms with E-state index >= 15 is 0 Å². The van der Waals surface area contributed by atoms with E-state index in [9.17, 15) is 13.2 Å². The third-order valence-electron chi connectivity index (χ3n) is 3.42. The molecule has 0 radical (unpaired) electrons. The predicted octanol–water partition coefficient (Wildman–Crippen LogP) is 4.20. The minimum atomic E-state index is -0.625. The van der Waals surface area contributed by atoms with Gasteiger partial charge in [-0.3, -0.25) is 0 Å². The van der Waals surface area contributed by atoms with E-state index < -0.39 is 11.6 Å². The number of halogens is 3. The van der Waals surface area contributed by atoms with E-state index in [1.54, 1.807) is 6.07 Å². The van der Waals surface area contributed by atoms with Gasteiger partial charge >= 0.3 is 0 Å². The Balaban J connectivity index is 1.89. The van der Waals surface area contributed by atoms with Gasteiger partial charge in [0.2, 0.25) is 0 Å². The molecule has 0 amide bonds. The highest BCUT2D eigenvalue weighted by Gasteiger charge is 2.24. The van der Waals surface area contributed by atoms with E-state index in [1.165, 1.54) is 18.2 Å². The molecule has 3 rings (SSSR count). The summed E-state index contributed by atoms with van der Waals surface area (Å²) in [7, 11) is 0. The highest BCUT2D eigenvalue weighted by atomic mass is 19.1. The number of benzene rings is 2. The highest BCUT2D eigenvalue weighted by molar-refractivity contribution is 5.48. The molecular formula is C15H12F3N. The van der Waals surface area contributed by atoms with Gasteiger partial charge in [0.05, 0.1) is 6.04 Å². The van der Waals surface area contributed by atoms with Gasteiger partial charge in [-0.05, 0) is 42.2 Å². The maximum Gasteiger partial charge on any atom is 0.128 e. The quantitative estimate of drug-likeness (QED) is 0.856. The van der Waals surface area contributed by atoms with Gasteiger partial charge in [-0.25, -0.2) is 13.2 Å². The number of fused-ring (bicyclic) bond motifs is 1. The lowest BCUT2D eigenvalue weighted by atomic mass is 10.1. The van der Waals surface area contributed by atoms with E-state index in [1.807, 2.05) is 6.07 Å². The average molecular weight is 263 g/mol. The van der Waals surface area contributed by atoms with Crippen molar-refractivity contribution in [1.82, 2.24) is 0 Å². The second-order valence-corrected chi connectivity index (χ2v) is 4.70. The van der Waals surface area contributed by atoms with Crippen molar-refractivity contribution >= 4 is 5.69 Å². The second kappa shape index (κ2) is 4.61. The number of hydrogen-bond acceptors (Lipinski definition) is 1. The lowest BCUT2D eigenvalue weighted by molar-refractivity contribution is 0.583. The largest absolute Gasteiger partial charge is 0.378 e. The van der Waals surface area contributed by atoms with Gasteiger partial charge in [0, 0.05) is 11.8 Å². The smallest absolute Gasteiger partial charge is 0.128 e. The molecule has 1 aliphatic rings. The Bertz CT molecular complexity index is 605. The van der Waals surface area contributed by atoms with Crippen molar-refractivity contribution in [3.63, 3.8) is 0 Å². The Kier molecular flexibility index (Phi) is 2.93. The molecule has 1 unspecified atom stereocenters. The summed E-state index contributed by atoms with van der Waals surface area (Å²) >= 11 is 0. The Morgan fingerprint density at radius 1 is 1.00 bits per heavy atom. The first-order chi connectivity index (χ1) is 9.13. The van der Waals surface area contributed by atoms with Gasteiger partial charge < -0.3 is 5.32 Å². The third-order valence-corrected chi connectivity index (χ3v) is 3.42. The van der Waals surface area contributed by atoms with Crippen LogP contribution < -0.4 is 5.32 Å². The van der Waals surface area contributed by atoms with E-state index in [0.717, 1.165) is 11.6 Å². The standard InChI is InChI=1S/C15H12F3N/c16-9-6-10(17)8-11(7-9)19-15-5-4-12-13(15)2-1-3-14(12)18/h1-3,6-8,15,19H,4-5H2. The van der Waals surface area contributed by atoms with Gasteiger partial charge in [-0.15, -0.1) is 0 Å². The molecule has 19 heavy (non-hydrogen) atoms. The van der Waals surface area contributed by atoms with Crippen LogP contribution in [0.1, 0.15) is 23.6 Å². The van der Waals surface area contributed by atoms with Crippen LogP contribution in [-0.2, 0) is 6.42 Å². The number of rotatable bonds is 2. The summed E-state index contributed by atoms with van der Waals surface area (Å²) in [6.45, 7) is 0. The summed E-state index contributed by atoms with van der Waals surface area (Å²) in [5, 5.41) is 3.06. The van der Waals surface area contributed by atoms with E-state index in [2.05, 4.69) is 5.32 Å². The third kappa shape index (κ3) is 2.30. The van der Waals surface area contributed by atoms with Gasteiger partial charge in [0.15, 0.2) is 0 Å². The molecule has 1 atom stereocenters. The summed E-state index contributed by atoms with van der Waals surface area (Å²) < 4.78 is 39.8. The molecule has 0 fully saturated rings. The monoisotopic (exact) mass is 263 g/mol. The first-order valence-electron chi connectivity index (χ1n) is 6.13. The Morgan fingerprint density at radius 3 is 2.47 bits per heavy atom. The molecule has 0 aromatic heterocycles. The van der Waals surface area contributed by atoms with Crippen molar-refractivity contribution in [1.29, 1.82) is 0 Å². The van der Waals surface area contributed by atoms with Crippen LogP contribution in [0.2, 0.25) is 0 Å². The van der Waals surface area contributed by atoms with E-state index in [-0.39, 0.29) is 11.9 Å². The summed E-state index contributed by atoms with van der Waals surface area (Å²) in [6, 6.07) is 8.13. The van der Waals surface area contributed by atoms with Crippen LogP contribution in [0, 0.1) is 17.5 Å². The van der Waals surface area contributed by atoms with E-state index in [4.69, 9.17) is 0 Å². The molecule has 0 saturated carbocycles. The predicted molar refractivity (Wildman–Crippen MR) is 67.4 cm³/mol. The molecule has 1 nitrogen and oxygen atoms in total. The fourth-order valence-electron chi connectivity index (χ4n) is 2.60. The Hall–Kier alpha value is -1.97. The normalized spacial score (nSPS) is 17.3. The zero-order valence-electron chi connectivity index (χ0n) is 10.1. The minimum absolute atomic E-state index is 0.105. The van der Waals surface area contributed by atoms with Crippen molar-refractivity contribution in [3.05, 3.63) is 65.0 Å². The molecule has 0 bridgehead atoms. The Morgan fingerprint density at radius 2 is 1.74 bits per heavy atom. The molecule has 2 aromatic carbocycles. The minimum Gasteiger partial charge on any atom is -0.378 e. The maximum atomic E-state index is 13.6. The first kappa shape index (κ1) is 12.1. The molecule has 1 N–H and O–H groups in total. The van der Waals surface area contributed by atoms with Crippen LogP contribution in [0.5, 0.6) is 0 Å². The van der Waals surface area contributed by atoms with Crippen molar-refractivity contribution < 1.29 is 13.2 Å². The van der Waals surface area contributed by atoms with Crippen LogP contribution in [0.4, 0.5) is 18.9 Å². The molecular weight excluding hydrogens is 251 g/mol. The summed E-state index contributed by atoms with van der Waals surface area (Å²) in [4.78, 5) is 0. The highest BCUT2D eigenvalue weighted by Crippen LogP contribution is 2.35. The molecule has 0 saturated heterocycles. The molecule has 0 spiro atoms. The lowest BCUT2D eigenvalue weighted by Gasteiger charge is -2.15. The summed E-state index contributed by atoms with van der Waals surface area (Å²) in [6.07, 6.45) is 1.35. The molecule has 0 heterocycles. The zero-order chi connectivity index (χ0) is 13.4. The first-order valence-corrected chi connectivity index (χ1v) is 6.13. The number of nitrogens with one attached hydrogen (secondary N) is 1. The summed E-state index contributed by atoms with van der Waals surface area (Å²) in [5.74, 6) is -1.47. The van der Waals surface area contributed by atoms with Crippen LogP contribution in [0.3, 0.4) is 0 Å². The molecule has 98 valence electrons. The second-order valence-electron chi connectivity index (χ2n) is 4.70. The summed E-state index contributed by atoms with van der Waals surface area (Å²) in [5.41, 5.74) is 1.93. The van der Waals surface area contributed by atoms with Crippen molar-refractivity contribution in [3.8, 4) is 0 Å². The van der Waals surface area contributed by atoms with Crippen molar-refractivity contribution in [2.75, 3.05) is 5.32 Å². The lowest BCUT2D eigenvalue weighted by Crippen LogP contribution is -2.07. The number of anilines is 1. The topological polar surface area (TPSA) is 12.0 Å². The van der Waals surface area contributed by atoms with Gasteiger partial charge in [0.1, 0.15) is 17.5 Å².